The maximum Gasteiger partial charge on any atom is 0.270 e. The molecule has 1 aliphatic heterocycles. The number of carbonyl (C=O) groups excluding carboxylic acids is 1. The van der Waals surface area contributed by atoms with Gasteiger partial charge in [-0.1, -0.05) is 59.9 Å². The Hall–Kier alpha value is -1.98. The minimum absolute atomic E-state index is 0.221. The van der Waals surface area contributed by atoms with Gasteiger partial charge >= 0.3 is 0 Å². The number of thioether (sulfide) groups is 1. The van der Waals surface area contributed by atoms with Crippen LogP contribution in [0, 0.1) is 12.7 Å². The van der Waals surface area contributed by atoms with Crippen LogP contribution in [0.25, 0.3) is 6.08 Å². The first-order valence-corrected chi connectivity index (χ1v) is 7.87. The molecule has 0 bridgehead atoms. The second-order valence-electron chi connectivity index (χ2n) is 4.91. The molecule has 0 atom stereocenters. The van der Waals surface area contributed by atoms with Gasteiger partial charge in [-0.05, 0) is 36.8 Å². The van der Waals surface area contributed by atoms with E-state index in [0.717, 1.165) is 11.1 Å². The number of carbonyl (C=O) groups is 1. The summed E-state index contributed by atoms with van der Waals surface area (Å²) in [5.74, 6) is -0.616. The van der Waals surface area contributed by atoms with Gasteiger partial charge in [-0.2, -0.15) is 0 Å². The van der Waals surface area contributed by atoms with E-state index in [1.165, 1.54) is 28.8 Å². The zero-order valence-electron chi connectivity index (χ0n) is 11.7. The van der Waals surface area contributed by atoms with E-state index in [2.05, 4.69) is 0 Å². The Morgan fingerprint density at radius 1 is 1.18 bits per heavy atom. The molecule has 2 aromatic carbocycles. The maximum absolute atomic E-state index is 13.4. The second kappa shape index (κ2) is 6.02. The van der Waals surface area contributed by atoms with Crippen molar-refractivity contribution in [3.8, 4) is 0 Å². The molecule has 0 saturated carbocycles. The first-order valence-electron chi connectivity index (χ1n) is 6.65. The molecular weight excluding hydrogens is 317 g/mol. The Morgan fingerprint density at radius 2 is 1.91 bits per heavy atom. The Labute approximate surface area is 137 Å². The molecule has 0 N–H and O–H groups in total. The van der Waals surface area contributed by atoms with Gasteiger partial charge in [-0.3, -0.25) is 9.69 Å². The molecule has 3 rings (SSSR count). The molecule has 1 saturated heterocycles. The molecule has 1 fully saturated rings. The summed E-state index contributed by atoms with van der Waals surface area (Å²) < 4.78 is 13.8. The van der Waals surface area contributed by atoms with Crippen LogP contribution in [0.4, 0.5) is 10.1 Å². The molecule has 22 heavy (non-hydrogen) atoms. The number of hydrogen-bond donors (Lipinski definition) is 0. The summed E-state index contributed by atoms with van der Waals surface area (Å²) >= 11 is 6.49. The molecule has 0 radical (unpaired) electrons. The third-order valence-electron chi connectivity index (χ3n) is 3.24. The van der Waals surface area contributed by atoms with E-state index in [1.54, 1.807) is 18.2 Å². The van der Waals surface area contributed by atoms with Crippen molar-refractivity contribution in [2.45, 2.75) is 6.92 Å². The van der Waals surface area contributed by atoms with Crippen molar-refractivity contribution in [2.24, 2.45) is 0 Å². The summed E-state index contributed by atoms with van der Waals surface area (Å²) in [5, 5.41) is 0. The van der Waals surface area contributed by atoms with Gasteiger partial charge in [0, 0.05) is 0 Å². The summed E-state index contributed by atoms with van der Waals surface area (Å²) in [4.78, 5) is 14.4. The fourth-order valence-corrected chi connectivity index (χ4v) is 3.42. The van der Waals surface area contributed by atoms with Crippen LogP contribution in [0.2, 0.25) is 0 Å². The largest absolute Gasteiger partial charge is 0.270 e. The molecule has 0 spiro atoms. The van der Waals surface area contributed by atoms with Gasteiger partial charge in [0.15, 0.2) is 4.32 Å². The zero-order valence-corrected chi connectivity index (χ0v) is 13.4. The fraction of sp³-hybridized carbons (Fsp3) is 0.0588. The zero-order chi connectivity index (χ0) is 15.7. The molecule has 0 unspecified atom stereocenters. The SMILES string of the molecule is Cc1ccc(/C=C2\SC(=S)N(c3cccc(F)c3)C2=O)cc1. The highest BCUT2D eigenvalue weighted by molar-refractivity contribution is 8.27. The number of amides is 1. The number of rotatable bonds is 2. The molecule has 1 aliphatic rings. The third-order valence-corrected chi connectivity index (χ3v) is 4.54. The number of nitrogens with zero attached hydrogens (tertiary/aromatic N) is 1. The number of halogens is 1. The Kier molecular flexibility index (Phi) is 4.09. The highest BCUT2D eigenvalue weighted by Crippen LogP contribution is 2.36. The topological polar surface area (TPSA) is 20.3 Å². The summed E-state index contributed by atoms with van der Waals surface area (Å²) in [5.41, 5.74) is 2.55. The molecule has 2 aromatic rings. The van der Waals surface area contributed by atoms with Gasteiger partial charge < -0.3 is 0 Å². The van der Waals surface area contributed by atoms with E-state index in [4.69, 9.17) is 12.2 Å². The second-order valence-corrected chi connectivity index (χ2v) is 6.58. The third kappa shape index (κ3) is 2.96. The van der Waals surface area contributed by atoms with Gasteiger partial charge in [0.05, 0.1) is 10.6 Å². The van der Waals surface area contributed by atoms with Crippen molar-refractivity contribution in [3.05, 3.63) is 70.4 Å². The number of hydrogen-bond acceptors (Lipinski definition) is 3. The maximum atomic E-state index is 13.4. The van der Waals surface area contributed by atoms with Crippen LogP contribution in [0.5, 0.6) is 0 Å². The average Bonchev–Trinajstić information content (AvgIpc) is 2.76. The van der Waals surface area contributed by atoms with Crippen LogP contribution in [0.15, 0.2) is 53.4 Å². The van der Waals surface area contributed by atoms with Gasteiger partial charge in [-0.15, -0.1) is 0 Å². The molecule has 1 heterocycles. The minimum atomic E-state index is -0.394. The molecule has 2 nitrogen and oxygen atoms in total. The highest BCUT2D eigenvalue weighted by Gasteiger charge is 2.33. The first kappa shape index (κ1) is 14.9. The summed E-state index contributed by atoms with van der Waals surface area (Å²) in [7, 11) is 0. The number of thiocarbonyl (C=S) groups is 1. The lowest BCUT2D eigenvalue weighted by Gasteiger charge is -2.14. The Morgan fingerprint density at radius 3 is 2.59 bits per heavy atom. The van der Waals surface area contributed by atoms with E-state index >= 15 is 0 Å². The van der Waals surface area contributed by atoms with Gasteiger partial charge in [0.1, 0.15) is 5.82 Å². The smallest absolute Gasteiger partial charge is 0.268 e. The molecule has 5 heteroatoms. The van der Waals surface area contributed by atoms with Crippen molar-refractivity contribution in [1.82, 2.24) is 0 Å². The van der Waals surface area contributed by atoms with Crippen LogP contribution < -0.4 is 4.90 Å². The predicted octanol–water partition coefficient (Wildman–Crippen LogP) is 4.54. The van der Waals surface area contributed by atoms with Crippen molar-refractivity contribution < 1.29 is 9.18 Å². The predicted molar refractivity (Wildman–Crippen MR) is 93.2 cm³/mol. The normalized spacial score (nSPS) is 16.6. The number of anilines is 1. The lowest BCUT2D eigenvalue weighted by atomic mass is 10.1. The van der Waals surface area contributed by atoms with E-state index < -0.39 is 5.82 Å². The molecular formula is C17H12FNOS2. The van der Waals surface area contributed by atoms with Gasteiger partial charge in [-0.25, -0.2) is 4.39 Å². The van der Waals surface area contributed by atoms with E-state index in [1.807, 2.05) is 31.2 Å². The van der Waals surface area contributed by atoms with Crippen molar-refractivity contribution >= 4 is 46.0 Å². The summed E-state index contributed by atoms with van der Waals surface area (Å²) in [6.07, 6.45) is 1.80. The quantitative estimate of drug-likeness (QED) is 0.596. The van der Waals surface area contributed by atoms with Crippen LogP contribution in [0.1, 0.15) is 11.1 Å². The van der Waals surface area contributed by atoms with Crippen molar-refractivity contribution in [2.75, 3.05) is 4.90 Å². The molecule has 110 valence electrons. The lowest BCUT2D eigenvalue weighted by Crippen LogP contribution is -2.27. The van der Waals surface area contributed by atoms with E-state index in [0.29, 0.717) is 14.9 Å². The Balaban J connectivity index is 1.93. The molecule has 0 aromatic heterocycles. The monoisotopic (exact) mass is 329 g/mol. The standard InChI is InChI=1S/C17H12FNOS2/c1-11-5-7-12(8-6-11)9-15-16(20)19(17(21)22-15)14-4-2-3-13(18)10-14/h2-10H,1H3/b15-9-. The van der Waals surface area contributed by atoms with Crippen LogP contribution in [-0.2, 0) is 4.79 Å². The first-order chi connectivity index (χ1) is 10.5. The molecule has 0 aliphatic carbocycles. The lowest BCUT2D eigenvalue weighted by molar-refractivity contribution is -0.113. The molecule has 1 amide bonds. The number of aryl methyl sites for hydroxylation is 1. The summed E-state index contributed by atoms with van der Waals surface area (Å²) in [6.45, 7) is 2.01. The van der Waals surface area contributed by atoms with Crippen molar-refractivity contribution in [3.63, 3.8) is 0 Å². The minimum Gasteiger partial charge on any atom is -0.268 e. The van der Waals surface area contributed by atoms with Gasteiger partial charge in [0.2, 0.25) is 0 Å². The highest BCUT2D eigenvalue weighted by atomic mass is 32.2. The van der Waals surface area contributed by atoms with E-state index in [-0.39, 0.29) is 5.91 Å². The van der Waals surface area contributed by atoms with Gasteiger partial charge in [0.25, 0.3) is 5.91 Å². The summed E-state index contributed by atoms with van der Waals surface area (Å²) in [6, 6.07) is 13.7. The average molecular weight is 329 g/mol. The van der Waals surface area contributed by atoms with Crippen LogP contribution in [-0.4, -0.2) is 10.2 Å². The van der Waals surface area contributed by atoms with Crippen molar-refractivity contribution in [1.29, 1.82) is 0 Å². The number of benzene rings is 2. The van der Waals surface area contributed by atoms with E-state index in [9.17, 15) is 9.18 Å². The van der Waals surface area contributed by atoms with Crippen LogP contribution >= 0.6 is 24.0 Å². The Bertz CT molecular complexity index is 784. The fourth-order valence-electron chi connectivity index (χ4n) is 2.12. The van der Waals surface area contributed by atoms with Crippen LogP contribution in [0.3, 0.4) is 0 Å².